The fourth-order valence-corrected chi connectivity index (χ4v) is 5.02. The van der Waals surface area contributed by atoms with Gasteiger partial charge in [0.1, 0.15) is 6.54 Å². The number of hydrogen-bond acceptors (Lipinski definition) is 6. The maximum Gasteiger partial charge on any atom is 0.291 e. The second-order valence-electron chi connectivity index (χ2n) is 9.38. The lowest BCUT2D eigenvalue weighted by molar-refractivity contribution is -0.131. The molecule has 0 saturated carbocycles. The Bertz CT molecular complexity index is 1550. The normalized spacial score (nSPS) is 14.1. The van der Waals surface area contributed by atoms with Gasteiger partial charge in [-0.15, -0.1) is 0 Å². The van der Waals surface area contributed by atoms with Gasteiger partial charge in [-0.05, 0) is 54.2 Å². The molecule has 0 atom stereocenters. The minimum Gasteiger partial charge on any atom is -0.438 e. The molecule has 0 unspecified atom stereocenters. The van der Waals surface area contributed by atoms with Crippen molar-refractivity contribution in [2.24, 2.45) is 0 Å². The summed E-state index contributed by atoms with van der Waals surface area (Å²) in [5, 5.41) is 1.33. The molecule has 2 aromatic carbocycles. The molecule has 38 heavy (non-hydrogen) atoms. The summed E-state index contributed by atoms with van der Waals surface area (Å²) in [7, 11) is 1.67. The molecule has 196 valence electrons. The molecule has 0 bridgehead atoms. The van der Waals surface area contributed by atoms with Gasteiger partial charge < -0.3 is 14.2 Å². The molecule has 4 aromatic rings. The molecular formula is C27H25Cl2N5O4. The van der Waals surface area contributed by atoms with Crippen molar-refractivity contribution in [1.29, 1.82) is 0 Å². The van der Waals surface area contributed by atoms with Crippen LogP contribution in [0.3, 0.4) is 0 Å². The fraction of sp³-hybridized carbons (Fsp3) is 0.296. The van der Waals surface area contributed by atoms with E-state index in [1.807, 2.05) is 18.2 Å². The van der Waals surface area contributed by atoms with Gasteiger partial charge in [-0.1, -0.05) is 35.3 Å². The van der Waals surface area contributed by atoms with Crippen LogP contribution >= 0.6 is 23.2 Å². The first-order valence-electron chi connectivity index (χ1n) is 12.1. The van der Waals surface area contributed by atoms with E-state index >= 15 is 0 Å². The number of fused-ring (bicyclic) bond motifs is 1. The summed E-state index contributed by atoms with van der Waals surface area (Å²) < 4.78 is 6.46. The Morgan fingerprint density at radius 1 is 1.11 bits per heavy atom. The molecule has 0 aliphatic carbocycles. The van der Waals surface area contributed by atoms with Crippen molar-refractivity contribution in [1.82, 2.24) is 24.3 Å². The van der Waals surface area contributed by atoms with Crippen molar-refractivity contribution >= 4 is 45.9 Å². The summed E-state index contributed by atoms with van der Waals surface area (Å²) in [5.74, 6) is 0.0303. The van der Waals surface area contributed by atoms with Crippen LogP contribution in [0.4, 0.5) is 0 Å². The van der Waals surface area contributed by atoms with Crippen molar-refractivity contribution in [3.63, 3.8) is 0 Å². The van der Waals surface area contributed by atoms with Crippen LogP contribution in [-0.4, -0.2) is 56.3 Å². The van der Waals surface area contributed by atoms with Crippen LogP contribution in [-0.2, 0) is 17.9 Å². The highest BCUT2D eigenvalue weighted by atomic mass is 35.5. The van der Waals surface area contributed by atoms with Crippen LogP contribution in [0, 0.1) is 0 Å². The number of likely N-dealkylation sites (N-methyl/N-ethyl adjacent to an activating group) is 1. The molecule has 1 fully saturated rings. The number of amides is 2. The van der Waals surface area contributed by atoms with Gasteiger partial charge in [0.25, 0.3) is 11.5 Å². The molecule has 3 heterocycles. The predicted molar refractivity (Wildman–Crippen MR) is 143 cm³/mol. The Morgan fingerprint density at radius 3 is 2.61 bits per heavy atom. The van der Waals surface area contributed by atoms with E-state index in [-0.39, 0.29) is 35.6 Å². The molecule has 0 spiro atoms. The Kier molecular flexibility index (Phi) is 7.49. The lowest BCUT2D eigenvalue weighted by atomic mass is 9.88. The van der Waals surface area contributed by atoms with E-state index < -0.39 is 0 Å². The Labute approximate surface area is 228 Å². The molecule has 9 nitrogen and oxygen atoms in total. The number of carbonyl (C=O) groups excluding carboxylic acids is 2. The Morgan fingerprint density at radius 2 is 1.89 bits per heavy atom. The van der Waals surface area contributed by atoms with Crippen molar-refractivity contribution in [3.05, 3.63) is 92.6 Å². The zero-order valence-corrected chi connectivity index (χ0v) is 22.2. The maximum absolute atomic E-state index is 13.3. The average molecular weight is 554 g/mol. The Balaban J connectivity index is 1.27. The lowest BCUT2D eigenvalue weighted by Gasteiger charge is -2.31. The van der Waals surface area contributed by atoms with Gasteiger partial charge >= 0.3 is 0 Å². The minimum atomic E-state index is -0.272. The predicted octanol–water partition coefficient (Wildman–Crippen LogP) is 4.37. The molecule has 1 aliphatic heterocycles. The number of piperidine rings is 1. The smallest absolute Gasteiger partial charge is 0.291 e. The van der Waals surface area contributed by atoms with E-state index in [0.29, 0.717) is 40.6 Å². The standard InChI is InChI=1S/C27H25Cl2N5O4/c1-32(13-17-2-4-21(28)22(29)10-17)25(35)14-34-15-31-23-5-3-19(11-20(23)26(34)36)18-6-8-33(9-7-18)27(37)24-12-30-16-38-24/h2-5,10-12,15-16,18H,6-9,13-14H2,1H3. The van der Waals surface area contributed by atoms with Crippen LogP contribution in [0.2, 0.25) is 10.0 Å². The number of likely N-dealkylation sites (tertiary alicyclic amines) is 1. The molecule has 5 rings (SSSR count). The maximum atomic E-state index is 13.3. The summed E-state index contributed by atoms with van der Waals surface area (Å²) in [6.07, 6.45) is 5.60. The highest BCUT2D eigenvalue weighted by molar-refractivity contribution is 6.42. The monoisotopic (exact) mass is 553 g/mol. The number of halogens is 2. The lowest BCUT2D eigenvalue weighted by Crippen LogP contribution is -2.37. The van der Waals surface area contributed by atoms with Gasteiger partial charge in [0, 0.05) is 26.7 Å². The third-order valence-corrected chi connectivity index (χ3v) is 7.62. The van der Waals surface area contributed by atoms with Crippen LogP contribution < -0.4 is 5.56 Å². The second-order valence-corrected chi connectivity index (χ2v) is 10.2. The SMILES string of the molecule is CN(Cc1ccc(Cl)c(Cl)c1)C(=O)Cn1cnc2ccc(C3CCN(C(=O)c4cnco4)CC3)cc2c1=O. The van der Waals surface area contributed by atoms with Gasteiger partial charge in [-0.3, -0.25) is 19.0 Å². The average Bonchev–Trinajstić information content (AvgIpc) is 3.47. The van der Waals surface area contributed by atoms with Crippen molar-refractivity contribution in [2.45, 2.75) is 31.8 Å². The van der Waals surface area contributed by atoms with E-state index in [1.165, 1.54) is 28.4 Å². The van der Waals surface area contributed by atoms with E-state index in [2.05, 4.69) is 9.97 Å². The second kappa shape index (κ2) is 11.0. The molecule has 2 aromatic heterocycles. The highest BCUT2D eigenvalue weighted by Crippen LogP contribution is 2.30. The van der Waals surface area contributed by atoms with Crippen LogP contribution in [0.5, 0.6) is 0 Å². The van der Waals surface area contributed by atoms with Crippen LogP contribution in [0.25, 0.3) is 10.9 Å². The third kappa shape index (κ3) is 5.44. The zero-order valence-electron chi connectivity index (χ0n) is 20.6. The molecule has 0 N–H and O–H groups in total. The van der Waals surface area contributed by atoms with E-state index in [1.54, 1.807) is 30.1 Å². The van der Waals surface area contributed by atoms with E-state index in [0.717, 1.165) is 24.0 Å². The fourth-order valence-electron chi connectivity index (χ4n) is 4.70. The van der Waals surface area contributed by atoms with Gasteiger partial charge in [-0.25, -0.2) is 9.97 Å². The quantitative estimate of drug-likeness (QED) is 0.351. The largest absolute Gasteiger partial charge is 0.438 e. The van der Waals surface area contributed by atoms with E-state index in [4.69, 9.17) is 27.6 Å². The highest BCUT2D eigenvalue weighted by Gasteiger charge is 2.26. The zero-order chi connectivity index (χ0) is 26.8. The number of oxazole rings is 1. The van der Waals surface area contributed by atoms with Gasteiger partial charge in [-0.2, -0.15) is 0 Å². The number of nitrogens with zero attached hydrogens (tertiary/aromatic N) is 5. The third-order valence-electron chi connectivity index (χ3n) is 6.88. The minimum absolute atomic E-state index is 0.133. The molecular weight excluding hydrogens is 529 g/mol. The molecule has 1 saturated heterocycles. The summed E-state index contributed by atoms with van der Waals surface area (Å²) in [6.45, 7) is 1.36. The van der Waals surface area contributed by atoms with Crippen molar-refractivity contribution < 1.29 is 14.0 Å². The first kappa shape index (κ1) is 25.9. The Hall–Kier alpha value is -3.69. The topological polar surface area (TPSA) is 102 Å². The van der Waals surface area contributed by atoms with Crippen LogP contribution in [0.15, 0.2) is 64.5 Å². The molecule has 11 heteroatoms. The summed E-state index contributed by atoms with van der Waals surface area (Å²) in [6, 6.07) is 10.9. The molecule has 1 aliphatic rings. The number of hydrogen-bond donors (Lipinski definition) is 0. The number of rotatable bonds is 6. The number of benzene rings is 2. The van der Waals surface area contributed by atoms with Crippen LogP contribution in [0.1, 0.15) is 40.4 Å². The summed E-state index contributed by atoms with van der Waals surface area (Å²) in [4.78, 5) is 50.2. The number of aromatic nitrogens is 3. The molecule has 0 radical (unpaired) electrons. The van der Waals surface area contributed by atoms with E-state index in [9.17, 15) is 14.4 Å². The van der Waals surface area contributed by atoms with Crippen molar-refractivity contribution in [3.8, 4) is 0 Å². The summed E-state index contributed by atoms with van der Waals surface area (Å²) >= 11 is 12.1. The summed E-state index contributed by atoms with van der Waals surface area (Å²) in [5.41, 5.74) is 2.15. The van der Waals surface area contributed by atoms with Gasteiger partial charge in [0.15, 0.2) is 6.39 Å². The first-order chi connectivity index (χ1) is 18.3. The first-order valence-corrected chi connectivity index (χ1v) is 12.9. The molecule has 2 amide bonds. The van der Waals surface area contributed by atoms with Gasteiger partial charge in [0.2, 0.25) is 11.7 Å². The van der Waals surface area contributed by atoms with Crippen molar-refractivity contribution in [2.75, 3.05) is 20.1 Å². The van der Waals surface area contributed by atoms with Gasteiger partial charge in [0.05, 0.1) is 33.5 Å². The number of carbonyl (C=O) groups is 2.